The molecule has 170 valence electrons. The molecule has 11 heteroatoms. The van der Waals surface area contributed by atoms with Gasteiger partial charge in [-0.1, -0.05) is 11.2 Å². The number of aryl methyl sites for hydroxylation is 1. The topological polar surface area (TPSA) is 115 Å². The molecule has 1 aromatic carbocycles. The summed E-state index contributed by atoms with van der Waals surface area (Å²) in [7, 11) is -2.01. The molecule has 3 heterocycles. The molecule has 1 saturated heterocycles. The van der Waals surface area contributed by atoms with Crippen molar-refractivity contribution in [3.05, 3.63) is 47.2 Å². The van der Waals surface area contributed by atoms with E-state index >= 15 is 0 Å². The van der Waals surface area contributed by atoms with E-state index in [2.05, 4.69) is 15.5 Å². The average Bonchev–Trinajstić information content (AvgIpc) is 3.57. The lowest BCUT2D eigenvalue weighted by Gasteiger charge is -2.17. The zero-order valence-electron chi connectivity index (χ0n) is 17.6. The minimum Gasteiger partial charge on any atom is -0.496 e. The van der Waals surface area contributed by atoms with Crippen molar-refractivity contribution in [1.29, 1.82) is 0 Å². The number of amides is 1. The number of hydrogen-bond donors (Lipinski definition) is 1. The van der Waals surface area contributed by atoms with Crippen LogP contribution >= 0.6 is 11.3 Å². The predicted octanol–water partition coefficient (Wildman–Crippen LogP) is 2.84. The first-order valence-electron chi connectivity index (χ1n) is 10.3. The van der Waals surface area contributed by atoms with Crippen LogP contribution in [-0.2, 0) is 27.8 Å². The molecule has 0 spiro atoms. The summed E-state index contributed by atoms with van der Waals surface area (Å²) in [6.07, 6.45) is 2.24. The van der Waals surface area contributed by atoms with Crippen molar-refractivity contribution in [3.8, 4) is 16.5 Å². The molecule has 0 atom stereocenters. The number of sulfonamides is 1. The standard InChI is InChI=1S/C21H24N4O5S2/c1-29-17-8-7-16(32(27,28)25-10-2-3-11-25)13-15(17)6-9-19(26)22-14-20-23-21(24-30-20)18-5-4-12-31-18/h4-5,7-8,12-13H,2-3,6,9-11,14H2,1H3,(H,22,26). The van der Waals surface area contributed by atoms with Gasteiger partial charge in [0.25, 0.3) is 0 Å². The molecular weight excluding hydrogens is 452 g/mol. The Hall–Kier alpha value is -2.76. The number of ether oxygens (including phenoxy) is 1. The predicted molar refractivity (Wildman–Crippen MR) is 119 cm³/mol. The van der Waals surface area contributed by atoms with Crippen molar-refractivity contribution in [2.24, 2.45) is 0 Å². The third kappa shape index (κ3) is 5.00. The smallest absolute Gasteiger partial charge is 0.246 e. The van der Waals surface area contributed by atoms with Crippen molar-refractivity contribution in [3.63, 3.8) is 0 Å². The van der Waals surface area contributed by atoms with Crippen LogP contribution in [0.1, 0.15) is 30.7 Å². The maximum atomic E-state index is 12.9. The van der Waals surface area contributed by atoms with Gasteiger partial charge in [-0.25, -0.2) is 8.42 Å². The van der Waals surface area contributed by atoms with Gasteiger partial charge in [0.05, 0.1) is 23.4 Å². The quantitative estimate of drug-likeness (QED) is 0.505. The number of methoxy groups -OCH3 is 1. The van der Waals surface area contributed by atoms with Crippen LogP contribution in [-0.4, -0.2) is 49.0 Å². The second-order valence-electron chi connectivity index (χ2n) is 7.35. The molecule has 3 aromatic rings. The van der Waals surface area contributed by atoms with Crippen LogP contribution in [0.2, 0.25) is 0 Å². The highest BCUT2D eigenvalue weighted by atomic mass is 32.2. The number of thiophene rings is 1. The summed E-state index contributed by atoms with van der Waals surface area (Å²) in [6.45, 7) is 1.20. The molecule has 0 unspecified atom stereocenters. The molecule has 9 nitrogen and oxygen atoms in total. The summed E-state index contributed by atoms with van der Waals surface area (Å²) in [5.74, 6) is 1.15. The number of rotatable bonds is 9. The number of hydrogen-bond acceptors (Lipinski definition) is 8. The molecule has 0 saturated carbocycles. The number of benzene rings is 1. The van der Waals surface area contributed by atoms with Gasteiger partial charge < -0.3 is 14.6 Å². The SMILES string of the molecule is COc1ccc(S(=O)(=O)N2CCCC2)cc1CCC(=O)NCc1nc(-c2cccs2)no1. The van der Waals surface area contributed by atoms with Gasteiger partial charge in [0.1, 0.15) is 5.75 Å². The highest BCUT2D eigenvalue weighted by Crippen LogP contribution is 2.27. The monoisotopic (exact) mass is 476 g/mol. The van der Waals surface area contributed by atoms with Crippen LogP contribution in [0.5, 0.6) is 5.75 Å². The first-order chi connectivity index (χ1) is 15.5. The lowest BCUT2D eigenvalue weighted by atomic mass is 10.1. The van der Waals surface area contributed by atoms with Crippen LogP contribution in [0, 0.1) is 0 Å². The molecule has 0 bridgehead atoms. The number of nitrogens with one attached hydrogen (secondary N) is 1. The van der Waals surface area contributed by atoms with Gasteiger partial charge >= 0.3 is 0 Å². The van der Waals surface area contributed by atoms with E-state index in [1.165, 1.54) is 22.8 Å². The molecule has 0 aliphatic carbocycles. The van der Waals surface area contributed by atoms with E-state index < -0.39 is 10.0 Å². The Labute approximate surface area is 190 Å². The molecular formula is C21H24N4O5S2. The Bertz CT molecular complexity index is 1170. The van der Waals surface area contributed by atoms with E-state index in [4.69, 9.17) is 9.26 Å². The summed E-state index contributed by atoms with van der Waals surface area (Å²) >= 11 is 1.50. The van der Waals surface area contributed by atoms with Crippen LogP contribution in [0.15, 0.2) is 45.1 Å². The van der Waals surface area contributed by atoms with E-state index in [0.717, 1.165) is 17.7 Å². The van der Waals surface area contributed by atoms with Crippen molar-refractivity contribution in [2.75, 3.05) is 20.2 Å². The van der Waals surface area contributed by atoms with Gasteiger partial charge in [0.2, 0.25) is 27.6 Å². The summed E-state index contributed by atoms with van der Waals surface area (Å²) in [4.78, 5) is 17.7. The Kier molecular flexibility index (Phi) is 6.87. The van der Waals surface area contributed by atoms with Gasteiger partial charge in [-0.15, -0.1) is 11.3 Å². The highest BCUT2D eigenvalue weighted by Gasteiger charge is 2.27. The van der Waals surface area contributed by atoms with Gasteiger partial charge in [0, 0.05) is 19.5 Å². The highest BCUT2D eigenvalue weighted by molar-refractivity contribution is 7.89. The summed E-state index contributed by atoms with van der Waals surface area (Å²) in [5.41, 5.74) is 0.667. The summed E-state index contributed by atoms with van der Waals surface area (Å²) < 4.78 is 37.8. The first kappa shape index (κ1) is 22.4. The van der Waals surface area contributed by atoms with E-state index in [1.807, 2.05) is 17.5 Å². The number of aromatic nitrogens is 2. The third-order valence-corrected chi connectivity index (χ3v) is 7.98. The fraction of sp³-hybridized carbons (Fsp3) is 0.381. The molecule has 0 radical (unpaired) electrons. The molecule has 1 aliphatic heterocycles. The second kappa shape index (κ2) is 9.80. The van der Waals surface area contributed by atoms with E-state index in [0.29, 0.717) is 42.5 Å². The Morgan fingerprint density at radius 3 is 2.81 bits per heavy atom. The third-order valence-electron chi connectivity index (χ3n) is 5.22. The number of nitrogens with zero attached hydrogens (tertiary/aromatic N) is 3. The molecule has 32 heavy (non-hydrogen) atoms. The molecule has 1 N–H and O–H groups in total. The fourth-order valence-electron chi connectivity index (χ4n) is 3.53. The lowest BCUT2D eigenvalue weighted by molar-refractivity contribution is -0.121. The first-order valence-corrected chi connectivity index (χ1v) is 12.6. The Balaban J connectivity index is 1.36. The van der Waals surface area contributed by atoms with Crippen molar-refractivity contribution in [1.82, 2.24) is 19.8 Å². The van der Waals surface area contributed by atoms with E-state index in [1.54, 1.807) is 18.2 Å². The van der Waals surface area contributed by atoms with Gasteiger partial charge in [-0.2, -0.15) is 9.29 Å². The van der Waals surface area contributed by atoms with Crippen molar-refractivity contribution in [2.45, 2.75) is 37.1 Å². The zero-order chi connectivity index (χ0) is 22.6. The minimum atomic E-state index is -3.54. The number of carbonyl (C=O) groups excluding carboxylic acids is 1. The van der Waals surface area contributed by atoms with Crippen LogP contribution in [0.4, 0.5) is 0 Å². The van der Waals surface area contributed by atoms with E-state index in [9.17, 15) is 13.2 Å². The zero-order valence-corrected chi connectivity index (χ0v) is 19.2. The largest absolute Gasteiger partial charge is 0.496 e. The Morgan fingerprint density at radius 1 is 1.28 bits per heavy atom. The fourth-order valence-corrected chi connectivity index (χ4v) is 5.75. The van der Waals surface area contributed by atoms with Crippen molar-refractivity contribution >= 4 is 27.3 Å². The second-order valence-corrected chi connectivity index (χ2v) is 10.2. The molecule has 1 fully saturated rings. The molecule has 2 aromatic heterocycles. The maximum Gasteiger partial charge on any atom is 0.246 e. The lowest BCUT2D eigenvalue weighted by Crippen LogP contribution is -2.28. The maximum absolute atomic E-state index is 12.9. The van der Waals surface area contributed by atoms with Crippen LogP contribution < -0.4 is 10.1 Å². The van der Waals surface area contributed by atoms with Gasteiger partial charge in [-0.05, 0) is 54.5 Å². The molecule has 4 rings (SSSR count). The average molecular weight is 477 g/mol. The van der Waals surface area contributed by atoms with Crippen LogP contribution in [0.25, 0.3) is 10.7 Å². The van der Waals surface area contributed by atoms with Crippen molar-refractivity contribution < 1.29 is 22.5 Å². The minimum absolute atomic E-state index is 0.123. The summed E-state index contributed by atoms with van der Waals surface area (Å²) in [6, 6.07) is 8.59. The number of carbonyl (C=O) groups is 1. The molecule has 1 aliphatic rings. The normalized spacial score (nSPS) is 14.5. The van der Waals surface area contributed by atoms with Gasteiger partial charge in [0.15, 0.2) is 0 Å². The van der Waals surface area contributed by atoms with Crippen LogP contribution in [0.3, 0.4) is 0 Å². The summed E-state index contributed by atoms with van der Waals surface area (Å²) in [5, 5.41) is 8.59. The van der Waals surface area contributed by atoms with E-state index in [-0.39, 0.29) is 23.8 Å². The van der Waals surface area contributed by atoms with Gasteiger partial charge in [-0.3, -0.25) is 4.79 Å². The Morgan fingerprint density at radius 2 is 2.09 bits per heavy atom. The molecule has 1 amide bonds.